The van der Waals surface area contributed by atoms with Gasteiger partial charge in [0.25, 0.3) is 0 Å². The Morgan fingerprint density at radius 1 is 1.32 bits per heavy atom. The number of hydrogen-bond acceptors (Lipinski definition) is 4. The third-order valence-corrected chi connectivity index (χ3v) is 4.33. The number of rotatable bonds is 1. The summed E-state index contributed by atoms with van der Waals surface area (Å²) in [5, 5.41) is 20.2. The molecule has 2 rings (SSSR count). The molecule has 104 valence electrons. The second-order valence-corrected chi connectivity index (χ2v) is 6.32. The first kappa shape index (κ1) is 14.2. The average Bonchev–Trinajstić information content (AvgIpc) is 2.24. The molecule has 0 unspecified atom stereocenters. The second kappa shape index (κ2) is 4.12. The van der Waals surface area contributed by atoms with Crippen LogP contribution in [0.3, 0.4) is 0 Å². The molecule has 4 nitrogen and oxygen atoms in total. The summed E-state index contributed by atoms with van der Waals surface area (Å²) in [6, 6.07) is 0. The fourth-order valence-electron chi connectivity index (χ4n) is 2.97. The van der Waals surface area contributed by atoms with E-state index in [4.69, 9.17) is 0 Å². The van der Waals surface area contributed by atoms with Crippen molar-refractivity contribution in [3.8, 4) is 0 Å². The molecule has 0 saturated heterocycles. The van der Waals surface area contributed by atoms with E-state index in [1.807, 2.05) is 0 Å². The SMILES string of the molecule is CC1=C2C=C(C(C)(C)O)C(=O)C[C@@]2(C)[C@H](O)CC1=O. The lowest BCUT2D eigenvalue weighted by atomic mass is 9.62. The maximum absolute atomic E-state index is 12.2. The quantitative estimate of drug-likeness (QED) is 0.749. The van der Waals surface area contributed by atoms with Gasteiger partial charge in [0.1, 0.15) is 0 Å². The Balaban J connectivity index is 2.66. The van der Waals surface area contributed by atoms with Gasteiger partial charge in [-0.25, -0.2) is 0 Å². The number of aliphatic hydroxyl groups is 2. The van der Waals surface area contributed by atoms with Crippen LogP contribution in [0.15, 0.2) is 22.8 Å². The third kappa shape index (κ3) is 2.09. The lowest BCUT2D eigenvalue weighted by molar-refractivity contribution is -0.126. The summed E-state index contributed by atoms with van der Waals surface area (Å²) < 4.78 is 0. The number of carbonyl (C=O) groups excluding carboxylic acids is 2. The number of fused-ring (bicyclic) bond motifs is 1. The highest BCUT2D eigenvalue weighted by Gasteiger charge is 2.48. The van der Waals surface area contributed by atoms with Gasteiger partial charge in [-0.05, 0) is 38.0 Å². The van der Waals surface area contributed by atoms with Gasteiger partial charge >= 0.3 is 0 Å². The fourth-order valence-corrected chi connectivity index (χ4v) is 2.97. The Labute approximate surface area is 112 Å². The van der Waals surface area contributed by atoms with E-state index in [0.29, 0.717) is 16.7 Å². The molecule has 0 aliphatic heterocycles. The topological polar surface area (TPSA) is 74.6 Å². The number of hydrogen-bond donors (Lipinski definition) is 2. The van der Waals surface area contributed by atoms with Crippen LogP contribution in [-0.4, -0.2) is 33.5 Å². The van der Waals surface area contributed by atoms with Crippen LogP contribution in [0.1, 0.15) is 40.5 Å². The van der Waals surface area contributed by atoms with E-state index >= 15 is 0 Å². The number of allylic oxidation sites excluding steroid dienone is 2. The minimum Gasteiger partial charge on any atom is -0.392 e. The van der Waals surface area contributed by atoms with Crippen LogP contribution in [0.2, 0.25) is 0 Å². The molecule has 0 bridgehead atoms. The van der Waals surface area contributed by atoms with Crippen LogP contribution >= 0.6 is 0 Å². The highest BCUT2D eigenvalue weighted by atomic mass is 16.3. The van der Waals surface area contributed by atoms with Crippen molar-refractivity contribution in [1.29, 1.82) is 0 Å². The molecule has 0 radical (unpaired) electrons. The third-order valence-electron chi connectivity index (χ3n) is 4.33. The van der Waals surface area contributed by atoms with Gasteiger partial charge in [-0.1, -0.05) is 6.92 Å². The van der Waals surface area contributed by atoms with E-state index in [1.54, 1.807) is 33.8 Å². The first-order valence-corrected chi connectivity index (χ1v) is 6.47. The van der Waals surface area contributed by atoms with Gasteiger partial charge in [0.15, 0.2) is 11.6 Å². The highest BCUT2D eigenvalue weighted by molar-refractivity contribution is 6.03. The zero-order valence-corrected chi connectivity index (χ0v) is 11.8. The summed E-state index contributed by atoms with van der Waals surface area (Å²) in [5.41, 5.74) is -0.378. The molecule has 0 aromatic rings. The summed E-state index contributed by atoms with van der Waals surface area (Å²) >= 11 is 0. The predicted molar refractivity (Wildman–Crippen MR) is 70.4 cm³/mol. The molecule has 2 aliphatic carbocycles. The Bertz CT molecular complexity index is 519. The fraction of sp³-hybridized carbons (Fsp3) is 0.600. The summed E-state index contributed by atoms with van der Waals surface area (Å²) in [6.45, 7) is 6.63. The molecule has 19 heavy (non-hydrogen) atoms. The Morgan fingerprint density at radius 3 is 2.42 bits per heavy atom. The van der Waals surface area contributed by atoms with E-state index in [2.05, 4.69) is 0 Å². The number of aliphatic hydroxyl groups excluding tert-OH is 1. The maximum atomic E-state index is 12.2. The molecule has 4 heteroatoms. The molecule has 0 aromatic carbocycles. The number of carbonyl (C=O) groups is 2. The highest BCUT2D eigenvalue weighted by Crippen LogP contribution is 2.47. The van der Waals surface area contributed by atoms with Crippen molar-refractivity contribution < 1.29 is 19.8 Å². The van der Waals surface area contributed by atoms with Gasteiger partial charge in [-0.2, -0.15) is 0 Å². The monoisotopic (exact) mass is 264 g/mol. The maximum Gasteiger partial charge on any atom is 0.162 e. The van der Waals surface area contributed by atoms with Crippen molar-refractivity contribution in [2.45, 2.75) is 52.2 Å². The molecule has 0 amide bonds. The van der Waals surface area contributed by atoms with Gasteiger partial charge in [0.2, 0.25) is 0 Å². The smallest absolute Gasteiger partial charge is 0.162 e. The molecule has 0 spiro atoms. The van der Waals surface area contributed by atoms with Crippen LogP contribution in [0.5, 0.6) is 0 Å². The summed E-state index contributed by atoms with van der Waals surface area (Å²) in [4.78, 5) is 24.0. The number of ketones is 2. The first-order chi connectivity index (χ1) is 8.57. The van der Waals surface area contributed by atoms with Crippen molar-refractivity contribution in [3.05, 3.63) is 22.8 Å². The zero-order valence-electron chi connectivity index (χ0n) is 11.8. The lowest BCUT2D eigenvalue weighted by Gasteiger charge is -2.43. The lowest BCUT2D eigenvalue weighted by Crippen LogP contribution is -2.46. The minimum absolute atomic E-state index is 0.0603. The van der Waals surface area contributed by atoms with E-state index in [9.17, 15) is 19.8 Å². The van der Waals surface area contributed by atoms with Crippen molar-refractivity contribution in [1.82, 2.24) is 0 Å². The van der Waals surface area contributed by atoms with Crippen LogP contribution < -0.4 is 0 Å². The van der Waals surface area contributed by atoms with Gasteiger partial charge in [-0.15, -0.1) is 0 Å². The molecule has 0 heterocycles. The minimum atomic E-state index is -1.24. The van der Waals surface area contributed by atoms with Gasteiger partial charge in [-0.3, -0.25) is 9.59 Å². The summed E-state index contributed by atoms with van der Waals surface area (Å²) in [7, 11) is 0. The Hall–Kier alpha value is -1.26. The van der Waals surface area contributed by atoms with Gasteiger partial charge < -0.3 is 10.2 Å². The molecule has 0 saturated carbocycles. The second-order valence-electron chi connectivity index (χ2n) is 6.32. The van der Waals surface area contributed by atoms with E-state index in [-0.39, 0.29) is 24.4 Å². The largest absolute Gasteiger partial charge is 0.392 e. The van der Waals surface area contributed by atoms with E-state index in [1.165, 1.54) is 0 Å². The predicted octanol–water partition coefficient (Wildman–Crippen LogP) is 1.31. The normalized spacial score (nSPS) is 32.3. The molecular weight excluding hydrogens is 244 g/mol. The van der Waals surface area contributed by atoms with Crippen molar-refractivity contribution in [2.75, 3.05) is 0 Å². The van der Waals surface area contributed by atoms with E-state index in [0.717, 1.165) is 0 Å². The molecule has 0 fully saturated rings. The Kier molecular flexibility index (Phi) is 3.07. The molecule has 2 aliphatic rings. The molecular formula is C15H20O4. The zero-order chi connectivity index (χ0) is 14.6. The average molecular weight is 264 g/mol. The van der Waals surface area contributed by atoms with Crippen LogP contribution in [0.4, 0.5) is 0 Å². The summed E-state index contributed by atoms with van der Waals surface area (Å²) in [6.07, 6.45) is 0.943. The molecule has 0 aromatic heterocycles. The van der Waals surface area contributed by atoms with Crippen LogP contribution in [-0.2, 0) is 9.59 Å². The van der Waals surface area contributed by atoms with Crippen molar-refractivity contribution in [2.24, 2.45) is 5.41 Å². The van der Waals surface area contributed by atoms with E-state index < -0.39 is 17.1 Å². The van der Waals surface area contributed by atoms with Gasteiger partial charge in [0, 0.05) is 23.8 Å². The van der Waals surface area contributed by atoms with Crippen molar-refractivity contribution >= 4 is 11.6 Å². The standard InChI is InChI=1S/C15H20O4/c1-8-9-5-10(14(2,3)19)12(17)7-15(9,4)13(18)6-11(8)16/h5,13,18-19H,6-7H2,1-4H3/t13-,15-/m1/s1. The number of Topliss-reactive ketones (excluding diaryl/α,β-unsaturated/α-hetero) is 2. The molecule has 2 N–H and O–H groups in total. The van der Waals surface area contributed by atoms with Crippen molar-refractivity contribution in [3.63, 3.8) is 0 Å². The summed E-state index contributed by atoms with van der Waals surface area (Å²) in [5.74, 6) is -0.263. The van der Waals surface area contributed by atoms with Crippen LogP contribution in [0.25, 0.3) is 0 Å². The first-order valence-electron chi connectivity index (χ1n) is 6.47. The Morgan fingerprint density at radius 2 is 1.89 bits per heavy atom. The molecule has 2 atom stereocenters. The van der Waals surface area contributed by atoms with Gasteiger partial charge in [0.05, 0.1) is 11.7 Å². The van der Waals surface area contributed by atoms with Crippen LogP contribution in [0, 0.1) is 5.41 Å².